The van der Waals surface area contributed by atoms with E-state index >= 15 is 0 Å². The van der Waals surface area contributed by atoms with Crippen molar-refractivity contribution in [3.63, 3.8) is 0 Å². The highest BCUT2D eigenvalue weighted by Gasteiger charge is 2.21. The third-order valence-electron chi connectivity index (χ3n) is 3.51. The molecule has 1 amide bonds. The van der Waals surface area contributed by atoms with Crippen molar-refractivity contribution in [1.82, 2.24) is 5.32 Å². The minimum absolute atomic E-state index is 0.237. The fourth-order valence-electron chi connectivity index (χ4n) is 2.34. The second kappa shape index (κ2) is 6.54. The van der Waals surface area contributed by atoms with Gasteiger partial charge in [-0.25, -0.2) is 9.38 Å². The van der Waals surface area contributed by atoms with Crippen molar-refractivity contribution in [3.05, 3.63) is 65.1 Å². The number of benzene rings is 2. The van der Waals surface area contributed by atoms with Gasteiger partial charge in [0.25, 0.3) is 5.91 Å². The molecule has 0 radical (unpaired) electrons. The Kier molecular flexibility index (Phi) is 4.29. The number of carbonyl (C=O) groups is 1. The van der Waals surface area contributed by atoms with Crippen LogP contribution < -0.4 is 14.8 Å². The molecule has 0 atom stereocenters. The Hall–Kier alpha value is -3.15. The fourth-order valence-corrected chi connectivity index (χ4v) is 2.34. The minimum atomic E-state index is -0.387. The molecule has 0 aromatic heterocycles. The summed E-state index contributed by atoms with van der Waals surface area (Å²) in [6.07, 6.45) is 1.63. The highest BCUT2D eigenvalue weighted by molar-refractivity contribution is 6.19. The first-order valence-corrected chi connectivity index (χ1v) is 7.20. The zero-order valence-electron chi connectivity index (χ0n) is 13.2. The van der Waals surface area contributed by atoms with Gasteiger partial charge < -0.3 is 14.8 Å². The zero-order chi connectivity index (χ0) is 17.1. The molecule has 6 heteroatoms. The van der Waals surface area contributed by atoms with E-state index in [0.717, 1.165) is 5.56 Å². The largest absolute Gasteiger partial charge is 0.493 e. The van der Waals surface area contributed by atoms with E-state index in [9.17, 15) is 9.18 Å². The summed E-state index contributed by atoms with van der Waals surface area (Å²) in [6, 6.07) is 11.2. The second-order valence-electron chi connectivity index (χ2n) is 5.07. The standard InChI is InChI=1S/C18H15FN2O3/c1-23-15-7-6-11(9-16(15)24-2)8-14-18(22)21-17(20-14)12-4-3-5-13(19)10-12/h3-10H,1-2H3,(H,20,21,22). The topological polar surface area (TPSA) is 59.9 Å². The summed E-state index contributed by atoms with van der Waals surface area (Å²) in [7, 11) is 3.09. The van der Waals surface area contributed by atoms with E-state index < -0.39 is 0 Å². The molecule has 24 heavy (non-hydrogen) atoms. The maximum atomic E-state index is 13.3. The smallest absolute Gasteiger partial charge is 0.275 e. The fraction of sp³-hybridized carbons (Fsp3) is 0.111. The van der Waals surface area contributed by atoms with Crippen LogP contribution in [0, 0.1) is 5.82 Å². The summed E-state index contributed by atoms with van der Waals surface area (Å²) < 4.78 is 23.7. The molecule has 1 N–H and O–H groups in total. The first kappa shape index (κ1) is 15.7. The molecule has 2 aromatic rings. The van der Waals surface area contributed by atoms with E-state index in [4.69, 9.17) is 9.47 Å². The van der Waals surface area contributed by atoms with Crippen LogP contribution in [0.4, 0.5) is 4.39 Å². The summed E-state index contributed by atoms with van der Waals surface area (Å²) in [5.41, 5.74) is 1.49. The lowest BCUT2D eigenvalue weighted by Crippen LogP contribution is -2.24. The van der Waals surface area contributed by atoms with Crippen LogP contribution in [0.2, 0.25) is 0 Å². The molecular formula is C18H15FN2O3. The van der Waals surface area contributed by atoms with E-state index in [0.29, 0.717) is 22.9 Å². The van der Waals surface area contributed by atoms with E-state index in [-0.39, 0.29) is 17.4 Å². The van der Waals surface area contributed by atoms with Gasteiger partial charge in [0.1, 0.15) is 17.3 Å². The molecule has 2 aromatic carbocycles. The van der Waals surface area contributed by atoms with Crippen molar-refractivity contribution in [2.75, 3.05) is 14.2 Å². The quantitative estimate of drug-likeness (QED) is 0.879. The van der Waals surface area contributed by atoms with Crippen molar-refractivity contribution in [1.29, 1.82) is 0 Å². The predicted octanol–water partition coefficient (Wildman–Crippen LogP) is 2.76. The van der Waals surface area contributed by atoms with Crippen LogP contribution in [0.25, 0.3) is 6.08 Å². The van der Waals surface area contributed by atoms with Crippen LogP contribution in [-0.4, -0.2) is 26.0 Å². The lowest BCUT2D eigenvalue weighted by molar-refractivity contribution is -0.115. The summed E-state index contributed by atoms with van der Waals surface area (Å²) >= 11 is 0. The number of amidine groups is 1. The lowest BCUT2D eigenvalue weighted by Gasteiger charge is -2.07. The molecule has 0 saturated carbocycles. The Balaban J connectivity index is 1.94. The van der Waals surface area contributed by atoms with Crippen molar-refractivity contribution < 1.29 is 18.7 Å². The van der Waals surface area contributed by atoms with Gasteiger partial charge in [-0.2, -0.15) is 0 Å². The zero-order valence-corrected chi connectivity index (χ0v) is 13.2. The summed E-state index contributed by atoms with van der Waals surface area (Å²) in [5, 5.41) is 2.64. The van der Waals surface area contributed by atoms with Gasteiger partial charge in [-0.1, -0.05) is 18.2 Å². The van der Waals surface area contributed by atoms with Crippen LogP contribution in [-0.2, 0) is 4.79 Å². The van der Waals surface area contributed by atoms with Crippen LogP contribution in [0.3, 0.4) is 0 Å². The number of methoxy groups -OCH3 is 2. The molecule has 0 bridgehead atoms. The molecule has 1 heterocycles. The number of hydrogen-bond donors (Lipinski definition) is 1. The van der Waals surface area contributed by atoms with Crippen molar-refractivity contribution >= 4 is 17.8 Å². The van der Waals surface area contributed by atoms with E-state index in [2.05, 4.69) is 10.3 Å². The van der Waals surface area contributed by atoms with E-state index in [1.807, 2.05) is 0 Å². The average Bonchev–Trinajstić information content (AvgIpc) is 2.95. The molecule has 0 spiro atoms. The second-order valence-corrected chi connectivity index (χ2v) is 5.07. The normalized spacial score (nSPS) is 15.2. The van der Waals surface area contributed by atoms with Crippen molar-refractivity contribution in [2.45, 2.75) is 0 Å². The van der Waals surface area contributed by atoms with Gasteiger partial charge >= 0.3 is 0 Å². The molecule has 122 valence electrons. The SMILES string of the molecule is COc1ccc(C=C2N=C(c3cccc(F)c3)NC2=O)cc1OC. The third-order valence-corrected chi connectivity index (χ3v) is 3.51. The predicted molar refractivity (Wildman–Crippen MR) is 88.6 cm³/mol. The van der Waals surface area contributed by atoms with Gasteiger partial charge in [0.2, 0.25) is 0 Å². The molecule has 0 unspecified atom stereocenters. The highest BCUT2D eigenvalue weighted by atomic mass is 19.1. The molecular weight excluding hydrogens is 311 g/mol. The number of rotatable bonds is 4. The number of hydrogen-bond acceptors (Lipinski definition) is 4. The Morgan fingerprint density at radius 2 is 1.88 bits per heavy atom. The maximum absolute atomic E-state index is 13.3. The van der Waals surface area contributed by atoms with E-state index in [1.54, 1.807) is 43.5 Å². The van der Waals surface area contributed by atoms with E-state index in [1.165, 1.54) is 19.2 Å². The van der Waals surface area contributed by atoms with Crippen LogP contribution >= 0.6 is 0 Å². The summed E-state index contributed by atoms with van der Waals surface area (Å²) in [4.78, 5) is 16.3. The molecule has 0 aliphatic carbocycles. The molecule has 1 aliphatic rings. The Morgan fingerprint density at radius 1 is 1.08 bits per heavy atom. The van der Waals surface area contributed by atoms with Gasteiger partial charge in [0.05, 0.1) is 14.2 Å². The number of nitrogens with zero attached hydrogens (tertiary/aromatic N) is 1. The number of ether oxygens (including phenoxy) is 2. The first-order chi connectivity index (χ1) is 11.6. The Bertz CT molecular complexity index is 859. The molecule has 5 nitrogen and oxygen atoms in total. The van der Waals surface area contributed by atoms with Crippen molar-refractivity contribution in [2.24, 2.45) is 4.99 Å². The molecule has 0 saturated heterocycles. The van der Waals surface area contributed by atoms with Crippen LogP contribution in [0.1, 0.15) is 11.1 Å². The van der Waals surface area contributed by atoms with Gasteiger partial charge in [0.15, 0.2) is 11.5 Å². The van der Waals surface area contributed by atoms with Gasteiger partial charge in [-0.15, -0.1) is 0 Å². The maximum Gasteiger partial charge on any atom is 0.275 e. The van der Waals surface area contributed by atoms with Crippen molar-refractivity contribution in [3.8, 4) is 11.5 Å². The first-order valence-electron chi connectivity index (χ1n) is 7.20. The third kappa shape index (κ3) is 3.12. The Labute approximate surface area is 138 Å². The Morgan fingerprint density at radius 3 is 2.58 bits per heavy atom. The number of halogens is 1. The molecule has 3 rings (SSSR count). The number of carbonyl (C=O) groups excluding carboxylic acids is 1. The number of nitrogens with one attached hydrogen (secondary N) is 1. The van der Waals surface area contributed by atoms with Crippen LogP contribution in [0.15, 0.2) is 53.2 Å². The highest BCUT2D eigenvalue weighted by Crippen LogP contribution is 2.28. The summed E-state index contributed by atoms with van der Waals surface area (Å²) in [6.45, 7) is 0. The van der Waals surface area contributed by atoms with Crippen LogP contribution in [0.5, 0.6) is 11.5 Å². The number of aliphatic imine (C=N–C) groups is 1. The minimum Gasteiger partial charge on any atom is -0.493 e. The van der Waals surface area contributed by atoms with Gasteiger partial charge in [-0.3, -0.25) is 4.79 Å². The molecule has 0 fully saturated rings. The van der Waals surface area contributed by atoms with Gasteiger partial charge in [0, 0.05) is 5.56 Å². The number of amides is 1. The van der Waals surface area contributed by atoms with Gasteiger partial charge in [-0.05, 0) is 35.9 Å². The average molecular weight is 326 g/mol. The summed E-state index contributed by atoms with van der Waals surface area (Å²) in [5.74, 6) is 0.746. The monoisotopic (exact) mass is 326 g/mol. The molecule has 1 aliphatic heterocycles. The lowest BCUT2D eigenvalue weighted by atomic mass is 10.1.